The summed E-state index contributed by atoms with van der Waals surface area (Å²) in [5.41, 5.74) is 2.75. The van der Waals surface area contributed by atoms with Gasteiger partial charge in [0.05, 0.1) is 0 Å². The van der Waals surface area contributed by atoms with E-state index in [1.807, 2.05) is 0 Å². The second-order valence-electron chi connectivity index (χ2n) is 3.46. The number of rotatable bonds is 8. The van der Waals surface area contributed by atoms with Gasteiger partial charge in [0.25, 0.3) is 0 Å². The molecule has 0 atom stereocenters. The van der Waals surface area contributed by atoms with Crippen LogP contribution in [0.15, 0.2) is 23.8 Å². The normalized spacial score (nSPS) is 11.8. The molecule has 0 fully saturated rings. The number of allylic oxidation sites excluding steroid dienone is 1. The lowest BCUT2D eigenvalue weighted by molar-refractivity contribution is 0.695. The van der Waals surface area contributed by atoms with E-state index in [4.69, 9.17) is 0 Å². The van der Waals surface area contributed by atoms with Gasteiger partial charge < -0.3 is 5.32 Å². The molecule has 0 aliphatic carbocycles. The van der Waals surface area contributed by atoms with E-state index < -0.39 is 0 Å². The highest BCUT2D eigenvalue weighted by Crippen LogP contribution is 2.13. The number of nitrogens with one attached hydrogen (secondary N) is 1. The molecule has 0 saturated carbocycles. The molecule has 0 saturated heterocycles. The molecular weight excluding hydrogens is 190 g/mol. The van der Waals surface area contributed by atoms with E-state index in [1.165, 1.54) is 11.1 Å². The zero-order valence-corrected chi connectivity index (χ0v) is 10.4. The Hall–Kier alpha value is -0.210. The minimum atomic E-state index is 0.810. The minimum absolute atomic E-state index is 0.810. The van der Waals surface area contributed by atoms with Crippen molar-refractivity contribution in [2.45, 2.75) is 33.1 Å². The van der Waals surface area contributed by atoms with Crippen molar-refractivity contribution >= 4 is 12.6 Å². The van der Waals surface area contributed by atoms with Crippen molar-refractivity contribution < 1.29 is 0 Å². The van der Waals surface area contributed by atoms with Crippen LogP contribution in [0.25, 0.3) is 0 Å². The van der Waals surface area contributed by atoms with E-state index in [0.29, 0.717) is 0 Å². The molecule has 0 aromatic carbocycles. The molecule has 2 heteroatoms. The van der Waals surface area contributed by atoms with Crippen LogP contribution in [-0.4, -0.2) is 18.8 Å². The van der Waals surface area contributed by atoms with Gasteiger partial charge >= 0.3 is 0 Å². The number of thiol groups is 1. The monoisotopic (exact) mass is 213 g/mol. The third kappa shape index (κ3) is 7.22. The van der Waals surface area contributed by atoms with Crippen LogP contribution in [0.4, 0.5) is 0 Å². The van der Waals surface area contributed by atoms with Gasteiger partial charge in [-0.2, -0.15) is 12.6 Å². The van der Waals surface area contributed by atoms with Crippen LogP contribution in [0.5, 0.6) is 0 Å². The Balaban J connectivity index is 3.64. The van der Waals surface area contributed by atoms with Crippen molar-refractivity contribution in [3.8, 4) is 0 Å². The molecule has 0 rings (SSSR count). The number of hydrogen-bond donors (Lipinski definition) is 2. The molecule has 0 spiro atoms. The maximum absolute atomic E-state index is 4.20. The Morgan fingerprint density at radius 3 is 2.57 bits per heavy atom. The predicted molar refractivity (Wildman–Crippen MR) is 69.1 cm³/mol. The standard InChI is InChI=1S/C12H23NS/c1-4-12(8-9-13-5-2)7-6-11(3)10-14/h4,13-14H,3,5-10H2,1-2H3/b12-4+. The molecule has 1 N–H and O–H groups in total. The fourth-order valence-electron chi connectivity index (χ4n) is 1.26. The van der Waals surface area contributed by atoms with Gasteiger partial charge in [-0.25, -0.2) is 0 Å². The lowest BCUT2D eigenvalue weighted by atomic mass is 10.0. The topological polar surface area (TPSA) is 12.0 Å². The van der Waals surface area contributed by atoms with Crippen LogP contribution in [0.3, 0.4) is 0 Å². The van der Waals surface area contributed by atoms with Crippen molar-refractivity contribution in [2.75, 3.05) is 18.8 Å². The van der Waals surface area contributed by atoms with Gasteiger partial charge in [0.15, 0.2) is 0 Å². The van der Waals surface area contributed by atoms with Crippen molar-refractivity contribution in [3.05, 3.63) is 23.8 Å². The van der Waals surface area contributed by atoms with Gasteiger partial charge in [-0.1, -0.05) is 30.7 Å². The summed E-state index contributed by atoms with van der Waals surface area (Å²) in [5.74, 6) is 0.810. The third-order valence-electron chi connectivity index (χ3n) is 2.30. The lowest BCUT2D eigenvalue weighted by Gasteiger charge is -2.08. The van der Waals surface area contributed by atoms with Crippen LogP contribution in [0.1, 0.15) is 33.1 Å². The highest BCUT2D eigenvalue weighted by Gasteiger charge is 1.98. The van der Waals surface area contributed by atoms with Crippen LogP contribution < -0.4 is 5.32 Å². The SMILES string of the molecule is C=C(CS)CC/C(=C\C)CCNCC. The van der Waals surface area contributed by atoms with Gasteiger partial charge in [-0.15, -0.1) is 0 Å². The Bertz CT molecular complexity index is 185. The lowest BCUT2D eigenvalue weighted by Crippen LogP contribution is -2.14. The molecule has 1 nitrogen and oxygen atoms in total. The first-order chi connectivity index (χ1) is 6.74. The maximum Gasteiger partial charge on any atom is 0.0110 e. The Labute approximate surface area is 94.1 Å². The maximum atomic E-state index is 4.20. The average molecular weight is 213 g/mol. The van der Waals surface area contributed by atoms with E-state index >= 15 is 0 Å². The summed E-state index contributed by atoms with van der Waals surface area (Å²) in [6.45, 7) is 10.4. The fraction of sp³-hybridized carbons (Fsp3) is 0.667. The Kier molecular flexibility index (Phi) is 9.21. The zero-order valence-electron chi connectivity index (χ0n) is 9.47. The molecule has 0 radical (unpaired) electrons. The van der Waals surface area contributed by atoms with Gasteiger partial charge in [-0.05, 0) is 39.3 Å². The highest BCUT2D eigenvalue weighted by molar-refractivity contribution is 7.80. The van der Waals surface area contributed by atoms with E-state index in [1.54, 1.807) is 0 Å². The fourth-order valence-corrected chi connectivity index (χ4v) is 1.41. The first-order valence-corrected chi connectivity index (χ1v) is 6.00. The molecule has 0 aliphatic rings. The van der Waals surface area contributed by atoms with Gasteiger partial charge in [0.2, 0.25) is 0 Å². The summed E-state index contributed by atoms with van der Waals surface area (Å²) in [6, 6.07) is 0. The van der Waals surface area contributed by atoms with Crippen molar-refractivity contribution in [1.29, 1.82) is 0 Å². The van der Waals surface area contributed by atoms with Crippen LogP contribution in [-0.2, 0) is 0 Å². The minimum Gasteiger partial charge on any atom is -0.317 e. The molecule has 0 unspecified atom stereocenters. The smallest absolute Gasteiger partial charge is 0.0110 e. The van der Waals surface area contributed by atoms with Crippen molar-refractivity contribution in [2.24, 2.45) is 0 Å². The summed E-state index contributed by atoms with van der Waals surface area (Å²) in [5, 5.41) is 3.34. The highest BCUT2D eigenvalue weighted by atomic mass is 32.1. The Morgan fingerprint density at radius 2 is 2.07 bits per heavy atom. The van der Waals surface area contributed by atoms with Gasteiger partial charge in [0, 0.05) is 5.75 Å². The molecule has 82 valence electrons. The quantitative estimate of drug-likeness (QED) is 0.358. The van der Waals surface area contributed by atoms with Crippen LogP contribution in [0, 0.1) is 0 Å². The largest absolute Gasteiger partial charge is 0.317 e. The van der Waals surface area contributed by atoms with Crippen molar-refractivity contribution in [1.82, 2.24) is 5.32 Å². The van der Waals surface area contributed by atoms with Gasteiger partial charge in [-0.3, -0.25) is 0 Å². The first kappa shape index (κ1) is 13.8. The summed E-state index contributed by atoms with van der Waals surface area (Å²) in [6.07, 6.45) is 5.60. The van der Waals surface area contributed by atoms with Crippen LogP contribution >= 0.6 is 12.6 Å². The summed E-state index contributed by atoms with van der Waals surface area (Å²) < 4.78 is 0. The third-order valence-corrected chi connectivity index (χ3v) is 2.75. The molecule has 0 aromatic rings. The molecule has 0 amide bonds. The van der Waals surface area contributed by atoms with E-state index in [2.05, 4.69) is 44.4 Å². The molecule has 0 bridgehead atoms. The average Bonchev–Trinajstić information content (AvgIpc) is 2.22. The molecule has 0 heterocycles. The molecule has 14 heavy (non-hydrogen) atoms. The second kappa shape index (κ2) is 9.35. The van der Waals surface area contributed by atoms with E-state index in [-0.39, 0.29) is 0 Å². The van der Waals surface area contributed by atoms with E-state index in [0.717, 1.165) is 38.1 Å². The summed E-state index contributed by atoms with van der Waals surface area (Å²) >= 11 is 4.20. The zero-order chi connectivity index (χ0) is 10.8. The molecular formula is C12H23NS. The Morgan fingerprint density at radius 1 is 1.36 bits per heavy atom. The first-order valence-electron chi connectivity index (χ1n) is 5.36. The predicted octanol–water partition coefficient (Wildman–Crippen LogP) is 3.20. The van der Waals surface area contributed by atoms with Crippen molar-refractivity contribution in [3.63, 3.8) is 0 Å². The van der Waals surface area contributed by atoms with Crippen LogP contribution in [0.2, 0.25) is 0 Å². The summed E-state index contributed by atoms with van der Waals surface area (Å²) in [4.78, 5) is 0. The number of hydrogen-bond acceptors (Lipinski definition) is 2. The second-order valence-corrected chi connectivity index (χ2v) is 3.77. The summed E-state index contributed by atoms with van der Waals surface area (Å²) in [7, 11) is 0. The van der Waals surface area contributed by atoms with E-state index in [9.17, 15) is 0 Å². The molecule has 0 aromatic heterocycles. The van der Waals surface area contributed by atoms with Gasteiger partial charge in [0.1, 0.15) is 0 Å². The molecule has 0 aliphatic heterocycles.